The molecule has 2 rings (SSSR count). The molecule has 0 saturated heterocycles. The third-order valence-electron chi connectivity index (χ3n) is 5.16. The van der Waals surface area contributed by atoms with Gasteiger partial charge in [0.15, 0.2) is 0 Å². The van der Waals surface area contributed by atoms with Crippen LogP contribution in [0.25, 0.3) is 0 Å². The third-order valence-corrected chi connectivity index (χ3v) is 12.0. The van der Waals surface area contributed by atoms with E-state index in [9.17, 15) is 9.59 Å². The second-order valence-corrected chi connectivity index (χ2v) is 14.9. The Hall–Kier alpha value is -1.18. The van der Waals surface area contributed by atoms with E-state index in [1.165, 1.54) is 11.1 Å². The number of carbonyl (C=O) groups is 2. The van der Waals surface area contributed by atoms with Crippen molar-refractivity contribution in [2.75, 3.05) is 0 Å². The van der Waals surface area contributed by atoms with Crippen LogP contribution in [0.15, 0.2) is 48.5 Å². The molecule has 4 heteroatoms. The first kappa shape index (κ1) is 25.1. The predicted molar refractivity (Wildman–Crippen MR) is 128 cm³/mol. The van der Waals surface area contributed by atoms with Gasteiger partial charge in [-0.3, -0.25) is 0 Å². The molecule has 0 aliphatic heterocycles. The monoisotopic (exact) mass is 538 g/mol. The Morgan fingerprint density at radius 2 is 0.900 bits per heavy atom. The van der Waals surface area contributed by atoms with E-state index in [-0.39, 0.29) is 47.5 Å². The van der Waals surface area contributed by atoms with Gasteiger partial charge < -0.3 is 0 Å². The summed E-state index contributed by atoms with van der Waals surface area (Å²) in [6.07, 6.45) is 2.11. The Labute approximate surface area is 193 Å². The van der Waals surface area contributed by atoms with Crippen LogP contribution in [-0.2, 0) is 22.4 Å². The Kier molecular flexibility index (Phi) is 10.0. The maximum absolute atomic E-state index is 12.7. The van der Waals surface area contributed by atoms with Gasteiger partial charge in [0.25, 0.3) is 0 Å². The molecule has 0 saturated carbocycles. The Balaban J connectivity index is 1.89. The number of hydrogen-bond donors (Lipinski definition) is 0. The molecule has 2 aromatic rings. The van der Waals surface area contributed by atoms with Crippen LogP contribution in [0.5, 0.6) is 0 Å². The van der Waals surface area contributed by atoms with Gasteiger partial charge in [0, 0.05) is 0 Å². The third kappa shape index (κ3) is 7.82. The molecule has 0 aromatic heterocycles. The first-order valence-electron chi connectivity index (χ1n) is 10.8. The Bertz CT molecular complexity index is 752. The van der Waals surface area contributed by atoms with Gasteiger partial charge in [-0.15, -0.1) is 0 Å². The molecule has 0 fully saturated rings. The van der Waals surface area contributed by atoms with Gasteiger partial charge in [-0.25, -0.2) is 0 Å². The van der Waals surface area contributed by atoms with Gasteiger partial charge in [-0.2, -0.15) is 0 Å². The van der Waals surface area contributed by atoms with E-state index in [1.807, 2.05) is 13.8 Å². The fourth-order valence-electron chi connectivity index (χ4n) is 3.33. The van der Waals surface area contributed by atoms with Gasteiger partial charge in [-0.05, 0) is 0 Å². The Morgan fingerprint density at radius 3 is 1.17 bits per heavy atom. The van der Waals surface area contributed by atoms with Crippen LogP contribution in [0.2, 0.25) is 0 Å². The molecule has 2 nitrogen and oxygen atoms in total. The average molecular weight is 536 g/mol. The molecular formula is C26H34O2Se2. The standard InChI is InChI=1S/C26H34O2Se2/c1-17(2)15-21-7-11-23(12-8-21)19(5)25(27)29-30-26(28)20(6)24-13-9-22(10-14-24)16-18(3)4/h7-14,17-20H,15-16H2,1-6H3. The van der Waals surface area contributed by atoms with Gasteiger partial charge in [0.1, 0.15) is 0 Å². The van der Waals surface area contributed by atoms with E-state index in [0.29, 0.717) is 11.8 Å². The maximum atomic E-state index is 12.7. The minimum absolute atomic E-state index is 0.126. The Morgan fingerprint density at radius 1 is 0.600 bits per heavy atom. The van der Waals surface area contributed by atoms with Crippen LogP contribution in [0.1, 0.15) is 75.6 Å². The van der Waals surface area contributed by atoms with E-state index >= 15 is 0 Å². The van der Waals surface area contributed by atoms with Gasteiger partial charge in [0.05, 0.1) is 0 Å². The second kappa shape index (κ2) is 12.0. The fourth-order valence-corrected chi connectivity index (χ4v) is 9.79. The van der Waals surface area contributed by atoms with Crippen molar-refractivity contribution in [1.29, 1.82) is 0 Å². The molecule has 30 heavy (non-hydrogen) atoms. The molecule has 0 aliphatic carbocycles. The molecular weight excluding hydrogens is 502 g/mol. The predicted octanol–water partition coefficient (Wildman–Crippen LogP) is 5.37. The summed E-state index contributed by atoms with van der Waals surface area (Å²) in [7, 11) is 0. The normalized spacial score (nSPS) is 13.5. The first-order chi connectivity index (χ1) is 14.2. The number of benzene rings is 2. The molecule has 0 bridgehead atoms. The molecule has 162 valence electrons. The molecule has 0 aliphatic rings. The summed E-state index contributed by atoms with van der Waals surface area (Å²) in [5.41, 5.74) is 4.75. The zero-order valence-electron chi connectivity index (χ0n) is 19.0. The van der Waals surface area contributed by atoms with Crippen molar-refractivity contribution in [3.63, 3.8) is 0 Å². The van der Waals surface area contributed by atoms with Crippen LogP contribution in [0.3, 0.4) is 0 Å². The van der Waals surface area contributed by atoms with Gasteiger partial charge in [-0.1, -0.05) is 0 Å². The number of hydrogen-bond acceptors (Lipinski definition) is 2. The van der Waals surface area contributed by atoms with Crippen molar-refractivity contribution in [2.24, 2.45) is 11.8 Å². The molecule has 2 unspecified atom stereocenters. The molecule has 2 aromatic carbocycles. The summed E-state index contributed by atoms with van der Waals surface area (Å²) in [6, 6.07) is 16.8. The molecule has 2 atom stereocenters. The molecule has 0 radical (unpaired) electrons. The second-order valence-electron chi connectivity index (χ2n) is 8.93. The van der Waals surface area contributed by atoms with Crippen molar-refractivity contribution >= 4 is 35.6 Å². The minimum atomic E-state index is -0.258. The molecule has 0 amide bonds. The SMILES string of the molecule is CC(C)Cc1ccc(C(C)C(=O)[Se][Se]C(=O)C(C)c2ccc(CC(C)C)cc2)cc1. The number of rotatable bonds is 11. The van der Waals surface area contributed by atoms with Crippen molar-refractivity contribution < 1.29 is 9.59 Å². The van der Waals surface area contributed by atoms with Crippen molar-refractivity contribution in [3.8, 4) is 0 Å². The zero-order valence-corrected chi connectivity index (χ0v) is 22.4. The van der Waals surface area contributed by atoms with E-state index < -0.39 is 0 Å². The van der Waals surface area contributed by atoms with Crippen molar-refractivity contribution in [3.05, 3.63) is 70.8 Å². The van der Waals surface area contributed by atoms with Crippen molar-refractivity contribution in [1.82, 2.24) is 0 Å². The van der Waals surface area contributed by atoms with Crippen LogP contribution in [0, 0.1) is 11.8 Å². The molecule has 0 heterocycles. The quantitative estimate of drug-likeness (QED) is 0.362. The van der Waals surface area contributed by atoms with Gasteiger partial charge >= 0.3 is 194 Å². The fraction of sp³-hybridized carbons (Fsp3) is 0.462. The topological polar surface area (TPSA) is 34.1 Å². The van der Waals surface area contributed by atoms with Crippen LogP contribution < -0.4 is 0 Å². The average Bonchev–Trinajstić information content (AvgIpc) is 2.71. The van der Waals surface area contributed by atoms with E-state index in [0.717, 1.165) is 24.0 Å². The van der Waals surface area contributed by atoms with E-state index in [4.69, 9.17) is 0 Å². The van der Waals surface area contributed by atoms with Crippen LogP contribution in [0.4, 0.5) is 0 Å². The number of carbonyl (C=O) groups excluding carboxylic acids is 2. The summed E-state index contributed by atoms with van der Waals surface area (Å²) in [5.74, 6) is 0.998. The summed E-state index contributed by atoms with van der Waals surface area (Å²) >= 11 is -0.516. The molecule has 0 spiro atoms. The van der Waals surface area contributed by atoms with Crippen LogP contribution in [-0.4, -0.2) is 35.6 Å². The first-order valence-corrected chi connectivity index (χ1v) is 16.8. The van der Waals surface area contributed by atoms with E-state index in [2.05, 4.69) is 76.2 Å². The van der Waals surface area contributed by atoms with Crippen molar-refractivity contribution in [2.45, 2.75) is 66.2 Å². The van der Waals surface area contributed by atoms with Crippen LogP contribution >= 0.6 is 0 Å². The zero-order chi connectivity index (χ0) is 22.3. The summed E-state index contributed by atoms with van der Waals surface area (Å²) in [4.78, 5) is 25.4. The summed E-state index contributed by atoms with van der Waals surface area (Å²) < 4.78 is 0.457. The molecule has 0 N–H and O–H groups in total. The van der Waals surface area contributed by atoms with E-state index in [1.54, 1.807) is 0 Å². The van der Waals surface area contributed by atoms with Gasteiger partial charge in [0.2, 0.25) is 0 Å². The summed E-state index contributed by atoms with van der Waals surface area (Å²) in [5, 5.41) is 0. The summed E-state index contributed by atoms with van der Waals surface area (Å²) in [6.45, 7) is 12.8.